The molecule has 170 valence electrons. The van der Waals surface area contributed by atoms with Crippen molar-refractivity contribution in [3.63, 3.8) is 0 Å². The summed E-state index contributed by atoms with van der Waals surface area (Å²) >= 11 is 6.12. The van der Waals surface area contributed by atoms with Crippen LogP contribution < -0.4 is 19.1 Å². The van der Waals surface area contributed by atoms with Crippen LogP contribution in [-0.4, -0.2) is 40.8 Å². The van der Waals surface area contributed by atoms with Gasteiger partial charge < -0.3 is 14.8 Å². The van der Waals surface area contributed by atoms with E-state index in [0.29, 0.717) is 27.8 Å². The third-order valence-corrected chi connectivity index (χ3v) is 6.40. The van der Waals surface area contributed by atoms with Crippen molar-refractivity contribution in [2.24, 2.45) is 0 Å². The van der Waals surface area contributed by atoms with Crippen LogP contribution in [0.2, 0.25) is 5.02 Å². The van der Waals surface area contributed by atoms with E-state index in [1.54, 1.807) is 71.4 Å². The van der Waals surface area contributed by atoms with Crippen molar-refractivity contribution in [3.05, 3.63) is 52.5 Å². The van der Waals surface area contributed by atoms with Gasteiger partial charge >= 0.3 is 0 Å². The van der Waals surface area contributed by atoms with Crippen LogP contribution in [0, 0.1) is 6.92 Å². The van der Waals surface area contributed by atoms with Crippen LogP contribution in [0.3, 0.4) is 0 Å². The molecule has 0 heterocycles. The van der Waals surface area contributed by atoms with Crippen molar-refractivity contribution < 1.29 is 22.7 Å². The molecule has 1 amide bonds. The first-order valence-electron chi connectivity index (χ1n) is 9.81. The summed E-state index contributed by atoms with van der Waals surface area (Å²) < 4.78 is 37.2. The number of anilines is 1. The van der Waals surface area contributed by atoms with Crippen molar-refractivity contribution >= 4 is 33.2 Å². The molecule has 0 fully saturated rings. The largest absolute Gasteiger partial charge is 0.497 e. The molecule has 2 atom stereocenters. The van der Waals surface area contributed by atoms with E-state index in [1.165, 1.54) is 0 Å². The van der Waals surface area contributed by atoms with E-state index in [2.05, 4.69) is 5.32 Å². The molecule has 1 N–H and O–H groups in total. The summed E-state index contributed by atoms with van der Waals surface area (Å²) in [5.74, 6) is 0.785. The van der Waals surface area contributed by atoms with Gasteiger partial charge in [0.1, 0.15) is 17.5 Å². The highest BCUT2D eigenvalue weighted by molar-refractivity contribution is 7.92. The first-order valence-corrected chi connectivity index (χ1v) is 12.0. The van der Waals surface area contributed by atoms with E-state index in [1.807, 2.05) is 0 Å². The third-order valence-electron chi connectivity index (χ3n) is 5.00. The van der Waals surface area contributed by atoms with Crippen LogP contribution in [0.1, 0.15) is 37.4 Å². The zero-order valence-corrected chi connectivity index (χ0v) is 20.2. The number of benzene rings is 2. The first-order chi connectivity index (χ1) is 14.5. The predicted octanol–water partition coefficient (Wildman–Crippen LogP) is 4.09. The minimum Gasteiger partial charge on any atom is -0.497 e. The summed E-state index contributed by atoms with van der Waals surface area (Å²) in [5, 5.41) is 3.30. The standard InChI is InChI=1S/C22H29ClN2O5S/c1-7-19(25(31(6,27)28)20-12-16(23)9-8-14(20)2)22(26)24-15(3)18-13-17(29-4)10-11-21(18)30-5/h8-13,15,19H,7H2,1-6H3,(H,24,26)/t15-,19-/m0/s1. The molecule has 7 nitrogen and oxygen atoms in total. The van der Waals surface area contributed by atoms with Gasteiger partial charge in [-0.2, -0.15) is 0 Å². The normalized spacial score (nSPS) is 13.3. The van der Waals surface area contributed by atoms with Gasteiger partial charge in [-0.15, -0.1) is 0 Å². The Bertz CT molecular complexity index is 1040. The zero-order valence-electron chi connectivity index (χ0n) is 18.6. The molecule has 0 spiro atoms. The third kappa shape index (κ3) is 5.83. The van der Waals surface area contributed by atoms with Gasteiger partial charge in [0.2, 0.25) is 15.9 Å². The fourth-order valence-corrected chi connectivity index (χ4v) is 4.85. The summed E-state index contributed by atoms with van der Waals surface area (Å²) in [6, 6.07) is 8.86. The maximum Gasteiger partial charge on any atom is 0.244 e. The summed E-state index contributed by atoms with van der Waals surface area (Å²) in [7, 11) is -0.670. The van der Waals surface area contributed by atoms with Crippen LogP contribution in [0.4, 0.5) is 5.69 Å². The number of amides is 1. The maximum atomic E-state index is 13.2. The predicted molar refractivity (Wildman–Crippen MR) is 124 cm³/mol. The number of hydrogen-bond acceptors (Lipinski definition) is 5. The van der Waals surface area contributed by atoms with Gasteiger partial charge in [0.05, 0.1) is 32.2 Å². The van der Waals surface area contributed by atoms with Crippen LogP contribution >= 0.6 is 11.6 Å². The summed E-state index contributed by atoms with van der Waals surface area (Å²) in [6.07, 6.45) is 1.35. The molecule has 0 saturated heterocycles. The Morgan fingerprint density at radius 1 is 1.16 bits per heavy atom. The van der Waals surface area contributed by atoms with Crippen molar-refractivity contribution in [1.29, 1.82) is 0 Å². The highest BCUT2D eigenvalue weighted by atomic mass is 35.5. The Balaban J connectivity index is 2.42. The minimum absolute atomic E-state index is 0.271. The number of hydrogen-bond donors (Lipinski definition) is 1. The van der Waals surface area contributed by atoms with Crippen molar-refractivity contribution in [2.45, 2.75) is 39.3 Å². The number of nitrogens with zero attached hydrogens (tertiary/aromatic N) is 1. The molecule has 0 saturated carbocycles. The molecule has 0 aromatic heterocycles. The molecule has 0 aliphatic rings. The van der Waals surface area contributed by atoms with Crippen molar-refractivity contribution in [1.82, 2.24) is 5.32 Å². The van der Waals surface area contributed by atoms with E-state index in [9.17, 15) is 13.2 Å². The SMILES string of the molecule is CC[C@@H](C(=O)N[C@@H](C)c1cc(OC)ccc1OC)N(c1cc(Cl)ccc1C)S(C)(=O)=O. The first kappa shape index (κ1) is 24.8. The van der Waals surface area contributed by atoms with Gasteiger partial charge in [0.25, 0.3) is 0 Å². The molecule has 0 bridgehead atoms. The molecule has 2 aromatic carbocycles. The van der Waals surface area contributed by atoms with Gasteiger partial charge in [-0.3, -0.25) is 9.10 Å². The van der Waals surface area contributed by atoms with Crippen LogP contribution in [-0.2, 0) is 14.8 Å². The molecule has 0 aliphatic carbocycles. The van der Waals surface area contributed by atoms with E-state index in [4.69, 9.17) is 21.1 Å². The lowest BCUT2D eigenvalue weighted by Gasteiger charge is -2.32. The van der Waals surface area contributed by atoms with E-state index in [0.717, 1.165) is 16.1 Å². The van der Waals surface area contributed by atoms with E-state index in [-0.39, 0.29) is 6.42 Å². The number of carbonyl (C=O) groups is 1. The molecular weight excluding hydrogens is 440 g/mol. The average molecular weight is 469 g/mol. The summed E-state index contributed by atoms with van der Waals surface area (Å²) in [4.78, 5) is 13.2. The molecule has 2 aromatic rings. The molecule has 0 aliphatic heterocycles. The molecule has 9 heteroatoms. The number of ether oxygens (including phenoxy) is 2. The fraction of sp³-hybridized carbons (Fsp3) is 0.409. The van der Waals surface area contributed by atoms with Crippen LogP contribution in [0.5, 0.6) is 11.5 Å². The van der Waals surface area contributed by atoms with E-state index >= 15 is 0 Å². The average Bonchev–Trinajstić information content (AvgIpc) is 2.72. The Morgan fingerprint density at radius 3 is 2.39 bits per heavy atom. The molecule has 0 radical (unpaired) electrons. The molecule has 31 heavy (non-hydrogen) atoms. The lowest BCUT2D eigenvalue weighted by molar-refractivity contribution is -0.122. The van der Waals surface area contributed by atoms with Crippen molar-refractivity contribution in [2.75, 3.05) is 24.8 Å². The Kier molecular flexibility index (Phi) is 8.20. The van der Waals surface area contributed by atoms with Crippen LogP contribution in [0.25, 0.3) is 0 Å². The maximum absolute atomic E-state index is 13.2. The topological polar surface area (TPSA) is 84.9 Å². The highest BCUT2D eigenvalue weighted by Gasteiger charge is 2.33. The molecule has 2 rings (SSSR count). The number of halogens is 1. The van der Waals surface area contributed by atoms with E-state index < -0.39 is 28.0 Å². The Hall–Kier alpha value is -2.45. The van der Waals surface area contributed by atoms with Gasteiger partial charge in [-0.1, -0.05) is 24.6 Å². The molecule has 0 unspecified atom stereocenters. The van der Waals surface area contributed by atoms with Gasteiger partial charge in [-0.05, 0) is 56.2 Å². The number of aryl methyl sites for hydroxylation is 1. The number of methoxy groups -OCH3 is 2. The number of nitrogens with one attached hydrogen (secondary N) is 1. The second-order valence-corrected chi connectivity index (χ2v) is 9.55. The monoisotopic (exact) mass is 468 g/mol. The Morgan fingerprint density at radius 2 is 1.84 bits per heavy atom. The Labute approximate surface area is 189 Å². The minimum atomic E-state index is -3.77. The lowest BCUT2D eigenvalue weighted by atomic mass is 10.1. The van der Waals surface area contributed by atoms with Crippen LogP contribution in [0.15, 0.2) is 36.4 Å². The highest BCUT2D eigenvalue weighted by Crippen LogP contribution is 2.31. The summed E-state index contributed by atoms with van der Waals surface area (Å²) in [5.41, 5.74) is 1.79. The lowest BCUT2D eigenvalue weighted by Crippen LogP contribution is -2.50. The van der Waals surface area contributed by atoms with Crippen molar-refractivity contribution in [3.8, 4) is 11.5 Å². The smallest absolute Gasteiger partial charge is 0.244 e. The van der Waals surface area contributed by atoms with Gasteiger partial charge in [0, 0.05) is 10.6 Å². The number of carbonyl (C=O) groups excluding carboxylic acids is 1. The second-order valence-electron chi connectivity index (χ2n) is 7.25. The van der Waals surface area contributed by atoms with Gasteiger partial charge in [-0.25, -0.2) is 8.42 Å². The zero-order chi connectivity index (χ0) is 23.3. The number of rotatable bonds is 9. The number of sulfonamides is 1. The second kappa shape index (κ2) is 10.2. The fourth-order valence-electron chi connectivity index (χ4n) is 3.42. The van der Waals surface area contributed by atoms with Gasteiger partial charge in [0.15, 0.2) is 0 Å². The summed E-state index contributed by atoms with van der Waals surface area (Å²) in [6.45, 7) is 5.34. The molecular formula is C22H29ClN2O5S. The quantitative estimate of drug-likeness (QED) is 0.599.